The maximum absolute atomic E-state index is 12.0. The highest BCUT2D eigenvalue weighted by atomic mass is 35.5. The summed E-state index contributed by atoms with van der Waals surface area (Å²) in [6, 6.07) is 7.10. The topological polar surface area (TPSA) is 38.3 Å². The molecule has 0 radical (unpaired) electrons. The molecular formula is C19H30ClNO2. The van der Waals surface area contributed by atoms with Crippen molar-refractivity contribution in [2.24, 2.45) is 0 Å². The second kappa shape index (κ2) is 12.2. The lowest BCUT2D eigenvalue weighted by molar-refractivity contribution is -0.127. The Morgan fingerprint density at radius 3 is 2.43 bits per heavy atom. The van der Waals surface area contributed by atoms with Gasteiger partial charge in [0.25, 0.3) is 5.91 Å². The van der Waals surface area contributed by atoms with Gasteiger partial charge >= 0.3 is 0 Å². The summed E-state index contributed by atoms with van der Waals surface area (Å²) < 4.78 is 5.59. The normalized spacial score (nSPS) is 12.0. The molecule has 3 nitrogen and oxygen atoms in total. The van der Waals surface area contributed by atoms with Gasteiger partial charge in [-0.3, -0.25) is 4.79 Å². The lowest BCUT2D eigenvalue weighted by atomic mass is 10.1. The van der Waals surface area contributed by atoms with E-state index in [2.05, 4.69) is 12.2 Å². The van der Waals surface area contributed by atoms with Crippen LogP contribution in [0.1, 0.15) is 65.2 Å². The molecule has 1 unspecified atom stereocenters. The van der Waals surface area contributed by atoms with E-state index in [1.54, 1.807) is 25.1 Å². The zero-order valence-corrected chi connectivity index (χ0v) is 15.2. The average molecular weight is 340 g/mol. The third kappa shape index (κ3) is 9.50. The van der Waals surface area contributed by atoms with Gasteiger partial charge in [0.1, 0.15) is 5.75 Å². The van der Waals surface area contributed by atoms with Crippen molar-refractivity contribution in [3.05, 3.63) is 29.3 Å². The number of ether oxygens (including phenoxy) is 1. The first kappa shape index (κ1) is 19.8. The number of hydrogen-bond donors (Lipinski definition) is 1. The molecule has 0 aliphatic rings. The monoisotopic (exact) mass is 339 g/mol. The van der Waals surface area contributed by atoms with Gasteiger partial charge in [-0.15, -0.1) is 0 Å². The van der Waals surface area contributed by atoms with E-state index in [-0.39, 0.29) is 5.91 Å². The highest BCUT2D eigenvalue weighted by Crippen LogP contribution is 2.18. The zero-order valence-electron chi connectivity index (χ0n) is 14.4. The molecule has 23 heavy (non-hydrogen) atoms. The number of carbonyl (C=O) groups excluding carboxylic acids is 1. The Balaban J connectivity index is 2.07. The van der Waals surface area contributed by atoms with Crippen molar-refractivity contribution in [1.29, 1.82) is 0 Å². The van der Waals surface area contributed by atoms with Crippen LogP contribution in [0.4, 0.5) is 0 Å². The van der Waals surface area contributed by atoms with Gasteiger partial charge in [-0.1, -0.05) is 69.5 Å². The summed E-state index contributed by atoms with van der Waals surface area (Å²) in [6.45, 7) is 4.71. The standard InChI is InChI=1S/C19H30ClNO2/c1-3-4-5-6-7-8-9-10-14-21-19(22)16(2)23-18-13-11-12-17(20)15-18/h11-13,15-16H,3-10,14H2,1-2H3,(H,21,22). The molecule has 0 aliphatic heterocycles. The minimum atomic E-state index is -0.512. The molecule has 0 spiro atoms. The molecule has 1 N–H and O–H groups in total. The van der Waals surface area contributed by atoms with Crippen LogP contribution in [0.2, 0.25) is 5.02 Å². The number of unbranched alkanes of at least 4 members (excludes halogenated alkanes) is 7. The van der Waals surface area contributed by atoms with E-state index in [1.165, 1.54) is 44.9 Å². The predicted molar refractivity (Wildman–Crippen MR) is 97.2 cm³/mol. The molecule has 0 heterocycles. The van der Waals surface area contributed by atoms with Crippen LogP contribution >= 0.6 is 11.6 Å². The summed E-state index contributed by atoms with van der Waals surface area (Å²) >= 11 is 5.90. The Hall–Kier alpha value is -1.22. The fraction of sp³-hybridized carbons (Fsp3) is 0.632. The van der Waals surface area contributed by atoms with Crippen LogP contribution in [0.25, 0.3) is 0 Å². The van der Waals surface area contributed by atoms with Gasteiger partial charge in [-0.05, 0) is 31.5 Å². The molecule has 1 rings (SSSR count). The van der Waals surface area contributed by atoms with Crippen molar-refractivity contribution < 1.29 is 9.53 Å². The lowest BCUT2D eigenvalue weighted by Crippen LogP contribution is -2.36. The van der Waals surface area contributed by atoms with Crippen LogP contribution in [0.5, 0.6) is 5.75 Å². The smallest absolute Gasteiger partial charge is 0.260 e. The summed E-state index contributed by atoms with van der Waals surface area (Å²) in [6.07, 6.45) is 9.59. The first-order valence-electron chi connectivity index (χ1n) is 8.83. The molecule has 1 aromatic carbocycles. The quantitative estimate of drug-likeness (QED) is 0.520. The van der Waals surface area contributed by atoms with E-state index in [9.17, 15) is 4.79 Å². The number of hydrogen-bond acceptors (Lipinski definition) is 2. The molecule has 1 aromatic rings. The predicted octanol–water partition coefficient (Wildman–Crippen LogP) is 5.36. The number of benzene rings is 1. The maximum atomic E-state index is 12.0. The van der Waals surface area contributed by atoms with Gasteiger partial charge in [0.2, 0.25) is 0 Å². The van der Waals surface area contributed by atoms with Crippen molar-refractivity contribution >= 4 is 17.5 Å². The number of rotatable bonds is 12. The third-order valence-electron chi connectivity index (χ3n) is 3.81. The molecule has 0 aliphatic carbocycles. The highest BCUT2D eigenvalue weighted by Gasteiger charge is 2.13. The Morgan fingerprint density at radius 2 is 1.78 bits per heavy atom. The molecule has 0 saturated carbocycles. The second-order valence-electron chi connectivity index (χ2n) is 5.98. The van der Waals surface area contributed by atoms with Crippen molar-refractivity contribution in [3.8, 4) is 5.75 Å². The van der Waals surface area contributed by atoms with Gasteiger partial charge < -0.3 is 10.1 Å². The number of nitrogens with one attached hydrogen (secondary N) is 1. The van der Waals surface area contributed by atoms with E-state index in [0.29, 0.717) is 10.8 Å². The van der Waals surface area contributed by atoms with E-state index in [1.807, 2.05) is 6.07 Å². The fourth-order valence-electron chi connectivity index (χ4n) is 2.41. The molecule has 130 valence electrons. The Kier molecular flexibility index (Phi) is 10.5. The SMILES string of the molecule is CCCCCCCCCCNC(=O)C(C)Oc1cccc(Cl)c1. The van der Waals surface area contributed by atoms with Crippen molar-refractivity contribution in [2.45, 2.75) is 71.3 Å². The Labute approximate surface area is 145 Å². The summed E-state index contributed by atoms with van der Waals surface area (Å²) in [5, 5.41) is 3.54. The first-order chi connectivity index (χ1) is 11.1. The van der Waals surface area contributed by atoms with Gasteiger partial charge in [0, 0.05) is 11.6 Å². The summed E-state index contributed by atoms with van der Waals surface area (Å²) in [7, 11) is 0. The lowest BCUT2D eigenvalue weighted by Gasteiger charge is -2.14. The van der Waals surface area contributed by atoms with Crippen LogP contribution in [-0.4, -0.2) is 18.6 Å². The van der Waals surface area contributed by atoms with Gasteiger partial charge in [-0.2, -0.15) is 0 Å². The van der Waals surface area contributed by atoms with E-state index >= 15 is 0 Å². The molecule has 0 bridgehead atoms. The zero-order chi connectivity index (χ0) is 16.9. The van der Waals surface area contributed by atoms with E-state index in [0.717, 1.165) is 13.0 Å². The average Bonchev–Trinajstić information content (AvgIpc) is 2.53. The summed E-state index contributed by atoms with van der Waals surface area (Å²) in [5.41, 5.74) is 0. The van der Waals surface area contributed by atoms with E-state index < -0.39 is 6.10 Å². The van der Waals surface area contributed by atoms with E-state index in [4.69, 9.17) is 16.3 Å². The Bertz CT molecular complexity index is 451. The molecule has 1 amide bonds. The molecular weight excluding hydrogens is 310 g/mol. The summed E-state index contributed by atoms with van der Waals surface area (Å²) in [5.74, 6) is 0.542. The van der Waals surface area contributed by atoms with Crippen LogP contribution in [0.15, 0.2) is 24.3 Å². The minimum absolute atomic E-state index is 0.0760. The van der Waals surface area contributed by atoms with Crippen molar-refractivity contribution in [1.82, 2.24) is 5.32 Å². The van der Waals surface area contributed by atoms with Crippen LogP contribution in [0, 0.1) is 0 Å². The maximum Gasteiger partial charge on any atom is 0.260 e. The fourth-order valence-corrected chi connectivity index (χ4v) is 2.59. The van der Waals surface area contributed by atoms with Crippen molar-refractivity contribution in [3.63, 3.8) is 0 Å². The van der Waals surface area contributed by atoms with Crippen molar-refractivity contribution in [2.75, 3.05) is 6.54 Å². The first-order valence-corrected chi connectivity index (χ1v) is 9.21. The number of carbonyl (C=O) groups is 1. The van der Waals surface area contributed by atoms with Crippen LogP contribution in [-0.2, 0) is 4.79 Å². The minimum Gasteiger partial charge on any atom is -0.481 e. The molecule has 0 saturated heterocycles. The van der Waals surface area contributed by atoms with Gasteiger partial charge in [-0.25, -0.2) is 0 Å². The Morgan fingerprint density at radius 1 is 1.13 bits per heavy atom. The third-order valence-corrected chi connectivity index (χ3v) is 4.04. The molecule has 4 heteroatoms. The molecule has 1 atom stereocenters. The van der Waals surface area contributed by atoms with Gasteiger partial charge in [0.15, 0.2) is 6.10 Å². The number of amides is 1. The molecule has 0 fully saturated rings. The highest BCUT2D eigenvalue weighted by molar-refractivity contribution is 6.30. The van der Waals surface area contributed by atoms with Crippen LogP contribution in [0.3, 0.4) is 0 Å². The summed E-state index contributed by atoms with van der Waals surface area (Å²) in [4.78, 5) is 12.0. The number of halogens is 1. The van der Waals surface area contributed by atoms with Gasteiger partial charge in [0.05, 0.1) is 0 Å². The molecule has 0 aromatic heterocycles. The largest absolute Gasteiger partial charge is 0.481 e. The van der Waals surface area contributed by atoms with Crippen LogP contribution < -0.4 is 10.1 Å². The second-order valence-corrected chi connectivity index (χ2v) is 6.42.